The Labute approximate surface area is 212 Å². The maximum absolute atomic E-state index is 14.1. The van der Waals surface area contributed by atoms with Gasteiger partial charge in [-0.1, -0.05) is 18.5 Å². The number of nitrogens with zero attached hydrogens (tertiary/aromatic N) is 1. The molecule has 0 amide bonds. The molecule has 1 aromatic heterocycles. The van der Waals surface area contributed by atoms with E-state index in [-0.39, 0.29) is 12.2 Å². The van der Waals surface area contributed by atoms with Crippen molar-refractivity contribution >= 4 is 28.7 Å². The highest BCUT2D eigenvalue weighted by molar-refractivity contribution is 6.30. The van der Waals surface area contributed by atoms with Crippen LogP contribution in [0.4, 0.5) is 13.2 Å². The number of hydrogen-bond donors (Lipinski definition) is 0. The van der Waals surface area contributed by atoms with Crippen LogP contribution in [0, 0.1) is 17.5 Å². The number of aromatic nitrogens is 1. The van der Waals surface area contributed by atoms with Crippen LogP contribution >= 0.6 is 11.6 Å². The van der Waals surface area contributed by atoms with Gasteiger partial charge in [0.05, 0.1) is 23.4 Å². The molecular formula is C28H25ClF3NO3. The summed E-state index contributed by atoms with van der Waals surface area (Å²) in [6, 6.07) is 8.06. The number of pyridine rings is 1. The Morgan fingerprint density at radius 3 is 2.44 bits per heavy atom. The predicted molar refractivity (Wildman–Crippen MR) is 132 cm³/mol. The van der Waals surface area contributed by atoms with Crippen LogP contribution in [-0.4, -0.2) is 17.6 Å². The quantitative estimate of drug-likeness (QED) is 0.290. The third-order valence-electron chi connectivity index (χ3n) is 6.11. The van der Waals surface area contributed by atoms with Crippen molar-refractivity contribution in [3.63, 3.8) is 0 Å². The number of carbonyl (C=O) groups excluding carboxylic acids is 1. The minimum atomic E-state index is -1.02. The summed E-state index contributed by atoms with van der Waals surface area (Å²) in [4.78, 5) is 17.0. The molecule has 1 aliphatic rings. The Hall–Kier alpha value is -3.32. The first-order valence-electron chi connectivity index (χ1n) is 11.8. The zero-order valence-electron chi connectivity index (χ0n) is 20.0. The van der Waals surface area contributed by atoms with Crippen LogP contribution in [0.15, 0.2) is 42.6 Å². The van der Waals surface area contributed by atoms with Crippen LogP contribution in [0.3, 0.4) is 0 Å². The number of rotatable bonds is 8. The van der Waals surface area contributed by atoms with Gasteiger partial charge in [-0.15, -0.1) is 0 Å². The van der Waals surface area contributed by atoms with E-state index in [1.165, 1.54) is 0 Å². The van der Waals surface area contributed by atoms with Gasteiger partial charge in [0.2, 0.25) is 0 Å². The van der Waals surface area contributed by atoms with Crippen molar-refractivity contribution in [1.29, 1.82) is 0 Å². The summed E-state index contributed by atoms with van der Waals surface area (Å²) < 4.78 is 52.6. The fourth-order valence-corrected chi connectivity index (χ4v) is 4.58. The van der Waals surface area contributed by atoms with Gasteiger partial charge in [-0.2, -0.15) is 0 Å². The van der Waals surface area contributed by atoms with E-state index in [9.17, 15) is 18.0 Å². The lowest BCUT2D eigenvalue weighted by Gasteiger charge is -2.16. The second-order valence-electron chi connectivity index (χ2n) is 8.38. The normalized spacial score (nSPS) is 13.3. The molecule has 188 valence electrons. The van der Waals surface area contributed by atoms with Crippen molar-refractivity contribution in [3.05, 3.63) is 93.0 Å². The Balaban J connectivity index is 1.73. The van der Waals surface area contributed by atoms with Crippen LogP contribution < -0.4 is 4.74 Å². The summed E-state index contributed by atoms with van der Waals surface area (Å²) in [6.07, 6.45) is 4.66. The molecule has 0 unspecified atom stereocenters. The SMILES string of the molecule is CCOC(=O)c1cc(C2=C(c3cc(Cl)ccc3OCc3c(F)cc(F)cc3F)CCC2)cnc1CC. The summed E-state index contributed by atoms with van der Waals surface area (Å²) in [7, 11) is 0. The predicted octanol–water partition coefficient (Wildman–Crippen LogP) is 7.57. The molecule has 0 radical (unpaired) electrons. The topological polar surface area (TPSA) is 48.4 Å². The first-order chi connectivity index (χ1) is 17.3. The average molecular weight is 516 g/mol. The molecular weight excluding hydrogens is 491 g/mol. The molecule has 3 aromatic rings. The lowest BCUT2D eigenvalue weighted by Crippen LogP contribution is -2.10. The number of benzene rings is 2. The number of allylic oxidation sites excluding steroid dienone is 2. The Morgan fingerprint density at radius 1 is 1.03 bits per heavy atom. The molecule has 4 nitrogen and oxygen atoms in total. The fraction of sp³-hybridized carbons (Fsp3) is 0.286. The van der Waals surface area contributed by atoms with E-state index < -0.39 is 30.0 Å². The smallest absolute Gasteiger partial charge is 0.339 e. The van der Waals surface area contributed by atoms with Gasteiger partial charge in [-0.3, -0.25) is 4.98 Å². The Morgan fingerprint density at radius 2 is 1.75 bits per heavy atom. The summed E-state index contributed by atoms with van der Waals surface area (Å²) in [6.45, 7) is 3.52. The van der Waals surface area contributed by atoms with Gasteiger partial charge >= 0.3 is 5.97 Å². The van der Waals surface area contributed by atoms with E-state index in [0.717, 1.165) is 36.0 Å². The molecule has 0 saturated carbocycles. The Kier molecular flexibility index (Phi) is 7.99. The number of aryl methyl sites for hydroxylation is 1. The molecule has 0 saturated heterocycles. The van der Waals surface area contributed by atoms with Crippen molar-refractivity contribution in [2.45, 2.75) is 46.1 Å². The second-order valence-corrected chi connectivity index (χ2v) is 8.82. The maximum atomic E-state index is 14.1. The molecule has 1 aliphatic carbocycles. The number of ether oxygens (including phenoxy) is 2. The van der Waals surface area contributed by atoms with E-state index in [1.54, 1.807) is 37.4 Å². The first-order valence-corrected chi connectivity index (χ1v) is 12.1. The number of carbonyl (C=O) groups is 1. The van der Waals surface area contributed by atoms with Crippen molar-refractivity contribution in [2.24, 2.45) is 0 Å². The number of hydrogen-bond acceptors (Lipinski definition) is 4. The summed E-state index contributed by atoms with van der Waals surface area (Å²) in [5, 5.41) is 0.474. The largest absolute Gasteiger partial charge is 0.488 e. The highest BCUT2D eigenvalue weighted by Gasteiger charge is 2.24. The molecule has 4 rings (SSSR count). The molecule has 0 atom stereocenters. The van der Waals surface area contributed by atoms with Crippen molar-refractivity contribution in [3.8, 4) is 5.75 Å². The zero-order valence-corrected chi connectivity index (χ0v) is 20.7. The third kappa shape index (κ3) is 5.41. The number of halogens is 4. The first kappa shape index (κ1) is 25.8. The van der Waals surface area contributed by atoms with Crippen LogP contribution in [0.25, 0.3) is 11.1 Å². The van der Waals surface area contributed by atoms with Crippen molar-refractivity contribution in [2.75, 3.05) is 6.61 Å². The van der Waals surface area contributed by atoms with Gasteiger partial charge in [-0.25, -0.2) is 18.0 Å². The van der Waals surface area contributed by atoms with E-state index in [2.05, 4.69) is 4.98 Å². The lowest BCUT2D eigenvalue weighted by molar-refractivity contribution is 0.0524. The molecule has 0 bridgehead atoms. The number of esters is 1. The van der Waals surface area contributed by atoms with Gasteiger partial charge < -0.3 is 9.47 Å². The van der Waals surface area contributed by atoms with E-state index in [4.69, 9.17) is 21.1 Å². The standard InChI is InChI=1S/C28H25ClF3NO3/c1-3-26-22(28(34)35-4-2)10-16(14-33-26)19-6-5-7-20(19)21-11-17(29)8-9-27(21)36-15-23-24(31)12-18(30)13-25(23)32/h8-14H,3-7,15H2,1-2H3. The molecule has 0 N–H and O–H groups in total. The van der Waals surface area contributed by atoms with E-state index in [1.807, 2.05) is 6.92 Å². The maximum Gasteiger partial charge on any atom is 0.339 e. The average Bonchev–Trinajstić information content (AvgIpc) is 3.33. The van der Waals surface area contributed by atoms with Crippen molar-refractivity contribution < 1.29 is 27.4 Å². The molecule has 0 fully saturated rings. The summed E-state index contributed by atoms with van der Waals surface area (Å²) in [5.41, 5.74) is 4.15. The Bertz CT molecular complexity index is 1320. The minimum Gasteiger partial charge on any atom is -0.488 e. The van der Waals surface area contributed by atoms with Gasteiger partial charge in [0.1, 0.15) is 29.8 Å². The van der Waals surface area contributed by atoms with Crippen LogP contribution in [0.1, 0.15) is 65.9 Å². The van der Waals surface area contributed by atoms with E-state index >= 15 is 0 Å². The van der Waals surface area contributed by atoms with Crippen LogP contribution in [0.2, 0.25) is 5.02 Å². The molecule has 0 aliphatic heterocycles. The third-order valence-corrected chi connectivity index (χ3v) is 6.35. The van der Waals surface area contributed by atoms with Gasteiger partial charge in [0.25, 0.3) is 0 Å². The van der Waals surface area contributed by atoms with Crippen LogP contribution in [-0.2, 0) is 17.8 Å². The molecule has 36 heavy (non-hydrogen) atoms. The summed E-state index contributed by atoms with van der Waals surface area (Å²) in [5.74, 6) is -3.05. The highest BCUT2D eigenvalue weighted by atomic mass is 35.5. The molecule has 0 spiro atoms. The molecule has 2 aromatic carbocycles. The zero-order chi connectivity index (χ0) is 25.8. The highest BCUT2D eigenvalue weighted by Crippen LogP contribution is 2.44. The minimum absolute atomic E-state index is 0.263. The lowest BCUT2D eigenvalue weighted by atomic mass is 9.96. The fourth-order valence-electron chi connectivity index (χ4n) is 4.41. The molecule has 8 heteroatoms. The second kappa shape index (κ2) is 11.2. The molecule has 1 heterocycles. The van der Waals surface area contributed by atoms with E-state index in [0.29, 0.717) is 46.1 Å². The van der Waals surface area contributed by atoms with Gasteiger partial charge in [0, 0.05) is 28.9 Å². The van der Waals surface area contributed by atoms with Crippen LogP contribution in [0.5, 0.6) is 5.75 Å². The van der Waals surface area contributed by atoms with Crippen molar-refractivity contribution in [1.82, 2.24) is 4.98 Å². The van der Waals surface area contributed by atoms with Gasteiger partial charge in [0.15, 0.2) is 0 Å². The van der Waals surface area contributed by atoms with Gasteiger partial charge in [-0.05, 0) is 73.6 Å². The monoisotopic (exact) mass is 515 g/mol. The summed E-state index contributed by atoms with van der Waals surface area (Å²) >= 11 is 6.30.